The third kappa shape index (κ3) is 3.20. The van der Waals surface area contributed by atoms with Gasteiger partial charge in [0.1, 0.15) is 23.1 Å². The topological polar surface area (TPSA) is 128 Å². The van der Waals surface area contributed by atoms with Crippen molar-refractivity contribution < 1.29 is 14.0 Å². The normalized spacial score (nSPS) is 19.7. The number of benzene rings is 1. The van der Waals surface area contributed by atoms with Gasteiger partial charge in [0.05, 0.1) is 12.1 Å². The quantitative estimate of drug-likeness (QED) is 0.537. The van der Waals surface area contributed by atoms with Gasteiger partial charge in [-0.25, -0.2) is 14.4 Å². The summed E-state index contributed by atoms with van der Waals surface area (Å²) >= 11 is 0. The van der Waals surface area contributed by atoms with Crippen LogP contribution >= 0.6 is 0 Å². The number of fused-ring (bicyclic) bond motifs is 1. The van der Waals surface area contributed by atoms with E-state index in [4.69, 9.17) is 5.73 Å². The van der Waals surface area contributed by atoms with Gasteiger partial charge in [-0.2, -0.15) is 5.10 Å². The first kappa shape index (κ1) is 19.2. The minimum Gasteiger partial charge on any atom is -0.383 e. The molecule has 1 aliphatic heterocycles. The summed E-state index contributed by atoms with van der Waals surface area (Å²) < 4.78 is 15.5. The molecule has 3 aromatic rings. The van der Waals surface area contributed by atoms with E-state index in [1.54, 1.807) is 35.1 Å². The van der Waals surface area contributed by atoms with Gasteiger partial charge in [-0.3, -0.25) is 14.3 Å². The molecule has 1 unspecified atom stereocenters. The van der Waals surface area contributed by atoms with Crippen molar-refractivity contribution >= 4 is 23.5 Å². The van der Waals surface area contributed by atoms with Crippen LogP contribution in [0.2, 0.25) is 0 Å². The Morgan fingerprint density at radius 3 is 2.84 bits per heavy atom. The van der Waals surface area contributed by atoms with Crippen molar-refractivity contribution in [3.05, 3.63) is 53.5 Å². The summed E-state index contributed by atoms with van der Waals surface area (Å²) in [6.07, 6.45) is 3.48. The van der Waals surface area contributed by atoms with Gasteiger partial charge in [0.25, 0.3) is 0 Å². The molecule has 31 heavy (non-hydrogen) atoms. The molecule has 1 atom stereocenters. The average molecular weight is 421 g/mol. The van der Waals surface area contributed by atoms with Gasteiger partial charge in [0.2, 0.25) is 11.8 Å². The molecule has 0 bridgehead atoms. The number of anilines is 2. The molecule has 1 fully saturated rings. The van der Waals surface area contributed by atoms with E-state index in [1.165, 1.54) is 13.0 Å². The molecule has 9 nitrogen and oxygen atoms in total. The fourth-order valence-electron chi connectivity index (χ4n) is 3.67. The van der Waals surface area contributed by atoms with Crippen LogP contribution in [0.25, 0.3) is 11.5 Å². The summed E-state index contributed by atoms with van der Waals surface area (Å²) in [5.74, 6) is -0.785. The molecule has 3 heterocycles. The number of rotatable bonds is 5. The summed E-state index contributed by atoms with van der Waals surface area (Å²) in [5.41, 5.74) is 5.86. The Hall–Kier alpha value is -3.82. The van der Waals surface area contributed by atoms with E-state index in [9.17, 15) is 14.0 Å². The number of nitrogens with one attached hydrogen (secondary N) is 2. The lowest BCUT2D eigenvalue weighted by atomic mass is 9.83. The number of hydrogen-bond acceptors (Lipinski definition) is 6. The van der Waals surface area contributed by atoms with E-state index in [2.05, 4.69) is 25.7 Å². The van der Waals surface area contributed by atoms with Crippen molar-refractivity contribution in [1.29, 1.82) is 0 Å². The third-order valence-corrected chi connectivity index (χ3v) is 5.65. The Bertz CT molecular complexity index is 1220. The zero-order chi connectivity index (χ0) is 21.8. The van der Waals surface area contributed by atoms with Crippen molar-refractivity contribution in [1.82, 2.24) is 25.1 Å². The number of nitrogens with zero attached hydrogens (tertiary/aromatic N) is 4. The first-order valence-corrected chi connectivity index (χ1v) is 9.94. The van der Waals surface area contributed by atoms with Crippen molar-refractivity contribution in [2.75, 3.05) is 11.1 Å². The number of amides is 2. The smallest absolute Gasteiger partial charge is 0.245 e. The van der Waals surface area contributed by atoms with Crippen LogP contribution in [0, 0.1) is 5.82 Å². The number of carbonyl (C=O) groups is 2. The summed E-state index contributed by atoms with van der Waals surface area (Å²) in [7, 11) is 0. The fourth-order valence-corrected chi connectivity index (χ4v) is 3.67. The monoisotopic (exact) mass is 421 g/mol. The van der Waals surface area contributed by atoms with Crippen molar-refractivity contribution in [2.45, 2.75) is 37.8 Å². The van der Waals surface area contributed by atoms with Crippen LogP contribution in [-0.2, 0) is 21.5 Å². The zero-order valence-electron chi connectivity index (χ0n) is 16.7. The molecule has 2 aliphatic rings. The zero-order valence-corrected chi connectivity index (χ0v) is 16.7. The molecule has 2 aromatic heterocycles. The second-order valence-corrected chi connectivity index (χ2v) is 7.97. The van der Waals surface area contributed by atoms with Gasteiger partial charge >= 0.3 is 0 Å². The Balaban J connectivity index is 1.46. The average Bonchev–Trinajstić information content (AvgIpc) is 3.35. The highest BCUT2D eigenvalue weighted by molar-refractivity contribution is 6.20. The number of nitrogen functional groups attached to an aromatic ring is 1. The molecular weight excluding hydrogens is 401 g/mol. The summed E-state index contributed by atoms with van der Waals surface area (Å²) in [5, 5.41) is 9.91. The highest BCUT2D eigenvalue weighted by atomic mass is 19.1. The second-order valence-electron chi connectivity index (χ2n) is 7.97. The van der Waals surface area contributed by atoms with E-state index >= 15 is 0 Å². The van der Waals surface area contributed by atoms with Crippen LogP contribution < -0.4 is 16.4 Å². The highest BCUT2D eigenvalue weighted by Crippen LogP contribution is 2.41. The fraction of sp³-hybridized carbons (Fsp3) is 0.286. The van der Waals surface area contributed by atoms with E-state index in [1.807, 2.05) is 0 Å². The lowest BCUT2D eigenvalue weighted by Crippen LogP contribution is -2.48. The van der Waals surface area contributed by atoms with Crippen molar-refractivity contribution in [3.8, 4) is 11.5 Å². The standard InChI is InChI=1S/C21H20FN7O2/c1-21(19(30)24-12-6-7-12)15-16(23)25-17(26-18(15)27-20(21)31)14-8-9-29(28-14)10-11-4-2-3-5-13(11)22/h2-5,8-9,12H,6-7,10H2,1H3,(H,24,30)(H3,23,25,26,27,31). The van der Waals surface area contributed by atoms with E-state index in [-0.39, 0.29) is 41.4 Å². The van der Waals surface area contributed by atoms with Gasteiger partial charge < -0.3 is 16.4 Å². The van der Waals surface area contributed by atoms with Crippen molar-refractivity contribution in [2.24, 2.45) is 0 Å². The molecule has 2 amide bonds. The minimum atomic E-state index is -1.50. The van der Waals surface area contributed by atoms with Crippen LogP contribution in [0.1, 0.15) is 30.9 Å². The Kier molecular flexibility index (Phi) is 4.24. The largest absolute Gasteiger partial charge is 0.383 e. The molecule has 1 saturated carbocycles. The number of halogens is 1. The van der Waals surface area contributed by atoms with Crippen LogP contribution in [0.5, 0.6) is 0 Å². The van der Waals surface area contributed by atoms with E-state index < -0.39 is 17.2 Å². The maximum absolute atomic E-state index is 13.9. The van der Waals surface area contributed by atoms with Crippen LogP contribution in [0.3, 0.4) is 0 Å². The third-order valence-electron chi connectivity index (χ3n) is 5.65. The summed E-state index contributed by atoms with van der Waals surface area (Å²) in [6, 6.07) is 8.24. The first-order valence-electron chi connectivity index (χ1n) is 9.94. The molecule has 158 valence electrons. The van der Waals surface area contributed by atoms with Gasteiger partial charge in [0, 0.05) is 17.8 Å². The minimum absolute atomic E-state index is 0.0375. The van der Waals surface area contributed by atoms with Crippen molar-refractivity contribution in [3.63, 3.8) is 0 Å². The van der Waals surface area contributed by atoms with Gasteiger partial charge in [0.15, 0.2) is 11.2 Å². The maximum Gasteiger partial charge on any atom is 0.245 e. The predicted octanol–water partition coefficient (Wildman–Crippen LogP) is 1.60. The van der Waals surface area contributed by atoms with Crippen LogP contribution in [0.15, 0.2) is 36.5 Å². The number of carbonyl (C=O) groups excluding carboxylic acids is 2. The molecule has 0 radical (unpaired) electrons. The summed E-state index contributed by atoms with van der Waals surface area (Å²) in [6.45, 7) is 1.76. The Morgan fingerprint density at radius 1 is 1.32 bits per heavy atom. The van der Waals surface area contributed by atoms with E-state index in [0.29, 0.717) is 11.3 Å². The van der Waals surface area contributed by atoms with Gasteiger partial charge in [-0.1, -0.05) is 18.2 Å². The lowest BCUT2D eigenvalue weighted by molar-refractivity contribution is -0.133. The number of aromatic nitrogens is 4. The van der Waals surface area contributed by atoms with Gasteiger partial charge in [-0.05, 0) is 31.9 Å². The van der Waals surface area contributed by atoms with Crippen LogP contribution in [0.4, 0.5) is 16.0 Å². The molecule has 4 N–H and O–H groups in total. The maximum atomic E-state index is 13.9. The molecule has 10 heteroatoms. The van der Waals surface area contributed by atoms with Gasteiger partial charge in [-0.15, -0.1) is 0 Å². The van der Waals surface area contributed by atoms with Crippen LogP contribution in [-0.4, -0.2) is 37.6 Å². The Labute approximate surface area is 176 Å². The first-order chi connectivity index (χ1) is 14.9. The SMILES string of the molecule is CC1(C(=O)NC2CC2)C(=O)Nc2nc(-c3ccn(Cc4ccccc4F)n3)nc(N)c21. The molecule has 1 aliphatic carbocycles. The molecular formula is C21H20FN7O2. The summed E-state index contributed by atoms with van der Waals surface area (Å²) in [4.78, 5) is 34.2. The molecule has 0 saturated heterocycles. The lowest BCUT2D eigenvalue weighted by Gasteiger charge is -2.21. The molecule has 1 aromatic carbocycles. The molecule has 0 spiro atoms. The Morgan fingerprint density at radius 2 is 2.10 bits per heavy atom. The number of nitrogens with two attached hydrogens (primary N) is 1. The second kappa shape index (κ2) is 6.86. The van der Waals surface area contributed by atoms with E-state index in [0.717, 1.165) is 12.8 Å². The number of hydrogen-bond donors (Lipinski definition) is 3. The highest BCUT2D eigenvalue weighted by Gasteiger charge is 2.52. The molecule has 5 rings (SSSR count). The predicted molar refractivity (Wildman–Crippen MR) is 110 cm³/mol.